The molecule has 2 aromatic rings. The molecule has 0 saturated carbocycles. The second-order valence-corrected chi connectivity index (χ2v) is 5.97. The topological polar surface area (TPSA) is 84.2 Å². The van der Waals surface area contributed by atoms with Gasteiger partial charge in [0.15, 0.2) is 6.04 Å². The van der Waals surface area contributed by atoms with E-state index in [1.807, 2.05) is 0 Å². The van der Waals surface area contributed by atoms with E-state index in [0.29, 0.717) is 4.68 Å². The van der Waals surface area contributed by atoms with Gasteiger partial charge in [-0.15, -0.1) is 0 Å². The second-order valence-electron chi connectivity index (χ2n) is 5.56. The third-order valence-electron chi connectivity index (χ3n) is 3.83. The number of nitrogens with zero attached hydrogens (tertiary/aromatic N) is 2. The number of carboxylic acids is 1. The fraction of sp³-hybridized carbons (Fsp3) is 0.312. The van der Waals surface area contributed by atoms with Crippen LogP contribution in [0.15, 0.2) is 18.2 Å². The fourth-order valence-electron chi connectivity index (χ4n) is 2.50. The first-order chi connectivity index (χ1) is 12.1. The van der Waals surface area contributed by atoms with Gasteiger partial charge >= 0.3 is 12.5 Å². The van der Waals surface area contributed by atoms with E-state index >= 15 is 0 Å². The average Bonchev–Trinajstić information content (AvgIpc) is 2.83. The zero-order valence-corrected chi connectivity index (χ0v) is 14.5. The molecule has 0 aliphatic heterocycles. The van der Waals surface area contributed by atoms with Gasteiger partial charge in [0.1, 0.15) is 5.82 Å². The number of rotatable bonds is 6. The highest BCUT2D eigenvalue weighted by atomic mass is 35.5. The Bertz CT molecular complexity index is 855. The maximum absolute atomic E-state index is 13.6. The molecule has 1 atom stereocenters. The molecular formula is C16H15ClF3N3O3. The van der Waals surface area contributed by atoms with E-state index in [-0.39, 0.29) is 34.0 Å². The predicted octanol–water partition coefficient (Wildman–Crippen LogP) is 3.17. The highest BCUT2D eigenvalue weighted by Gasteiger charge is 2.25. The van der Waals surface area contributed by atoms with Gasteiger partial charge in [-0.2, -0.15) is 13.9 Å². The smallest absolute Gasteiger partial charge is 0.333 e. The van der Waals surface area contributed by atoms with Gasteiger partial charge < -0.3 is 10.4 Å². The average molecular weight is 390 g/mol. The maximum atomic E-state index is 13.6. The van der Waals surface area contributed by atoms with Crippen LogP contribution in [0, 0.1) is 19.7 Å². The van der Waals surface area contributed by atoms with Gasteiger partial charge in [-0.3, -0.25) is 4.79 Å². The van der Waals surface area contributed by atoms with E-state index in [0.717, 1.165) is 6.07 Å². The minimum absolute atomic E-state index is 0.00975. The van der Waals surface area contributed by atoms with E-state index < -0.39 is 30.3 Å². The van der Waals surface area contributed by atoms with Crippen LogP contribution >= 0.6 is 11.6 Å². The molecule has 26 heavy (non-hydrogen) atoms. The van der Waals surface area contributed by atoms with Crippen LogP contribution in [-0.4, -0.2) is 26.8 Å². The first-order valence-electron chi connectivity index (χ1n) is 7.41. The molecule has 0 radical (unpaired) electrons. The highest BCUT2D eigenvalue weighted by Crippen LogP contribution is 2.22. The number of aryl methyl sites for hydroxylation is 1. The molecule has 0 spiro atoms. The van der Waals surface area contributed by atoms with Crippen molar-refractivity contribution >= 4 is 23.5 Å². The van der Waals surface area contributed by atoms with Crippen LogP contribution in [0.3, 0.4) is 0 Å². The number of aromatic nitrogens is 2. The molecule has 1 unspecified atom stereocenters. The Hall–Kier alpha value is -2.55. The first-order valence-corrected chi connectivity index (χ1v) is 7.79. The summed E-state index contributed by atoms with van der Waals surface area (Å²) in [5.41, 5.74) is 0.609. The molecule has 0 fully saturated rings. The Morgan fingerprint density at radius 2 is 2.00 bits per heavy atom. The third kappa shape index (κ3) is 4.16. The van der Waals surface area contributed by atoms with Crippen LogP contribution < -0.4 is 5.32 Å². The Labute approximate surface area is 151 Å². The van der Waals surface area contributed by atoms with Gasteiger partial charge in [-0.25, -0.2) is 13.9 Å². The Balaban J connectivity index is 2.21. The molecule has 2 N–H and O–H groups in total. The molecule has 140 valence electrons. The minimum Gasteiger partial charge on any atom is -0.479 e. The lowest BCUT2D eigenvalue weighted by molar-refractivity contribution is -0.142. The molecular weight excluding hydrogens is 375 g/mol. The molecule has 2 rings (SSSR count). The lowest BCUT2D eigenvalue weighted by Gasteiger charge is -2.15. The van der Waals surface area contributed by atoms with Gasteiger partial charge in [-0.1, -0.05) is 17.7 Å². The van der Waals surface area contributed by atoms with Crippen molar-refractivity contribution in [1.82, 2.24) is 15.1 Å². The van der Waals surface area contributed by atoms with Crippen molar-refractivity contribution in [2.45, 2.75) is 32.9 Å². The monoisotopic (exact) mass is 389 g/mol. The largest absolute Gasteiger partial charge is 0.479 e. The van der Waals surface area contributed by atoms with Crippen molar-refractivity contribution in [3.63, 3.8) is 0 Å². The Morgan fingerprint density at radius 1 is 1.35 bits per heavy atom. The molecule has 1 amide bonds. The molecule has 0 aliphatic carbocycles. The lowest BCUT2D eigenvalue weighted by atomic mass is 10.1. The molecule has 10 heteroatoms. The van der Waals surface area contributed by atoms with Crippen LogP contribution in [0.2, 0.25) is 5.02 Å². The summed E-state index contributed by atoms with van der Waals surface area (Å²) in [5, 5.41) is 15.0. The van der Waals surface area contributed by atoms with E-state index in [9.17, 15) is 27.9 Å². The van der Waals surface area contributed by atoms with Crippen LogP contribution in [0.25, 0.3) is 0 Å². The van der Waals surface area contributed by atoms with Gasteiger partial charge in [0.05, 0.1) is 17.1 Å². The fourth-order valence-corrected chi connectivity index (χ4v) is 2.61. The summed E-state index contributed by atoms with van der Waals surface area (Å²) in [5.74, 6) is -2.96. The minimum atomic E-state index is -2.85. The number of carbonyl (C=O) groups is 2. The first kappa shape index (κ1) is 19.8. The number of alkyl halides is 2. The maximum Gasteiger partial charge on any atom is 0.333 e. The van der Waals surface area contributed by atoms with E-state index in [1.165, 1.54) is 26.0 Å². The zero-order valence-electron chi connectivity index (χ0n) is 13.8. The van der Waals surface area contributed by atoms with Crippen LogP contribution in [-0.2, 0) is 16.0 Å². The van der Waals surface area contributed by atoms with Crippen molar-refractivity contribution in [2.24, 2.45) is 0 Å². The second kappa shape index (κ2) is 7.77. The number of halogens is 4. The summed E-state index contributed by atoms with van der Waals surface area (Å²) in [6.07, 6.45) is -0.343. The summed E-state index contributed by atoms with van der Waals surface area (Å²) < 4.78 is 39.7. The number of benzene rings is 1. The standard InChI is InChI=1S/C16H15ClF3N3O3/c1-7-10(8(2)23(22-7)16(19)20)6-13(24)21-14(15(25)26)9-3-4-11(17)12(18)5-9/h3-5,14,16H,6H2,1-2H3,(H,21,24)(H,25,26). The third-order valence-corrected chi connectivity index (χ3v) is 4.13. The van der Waals surface area contributed by atoms with E-state index in [1.54, 1.807) is 0 Å². The molecule has 1 heterocycles. The van der Waals surface area contributed by atoms with Crippen molar-refractivity contribution in [3.8, 4) is 0 Å². The number of aliphatic carboxylic acids is 1. The van der Waals surface area contributed by atoms with E-state index in [2.05, 4.69) is 10.4 Å². The van der Waals surface area contributed by atoms with Gasteiger partial charge in [0.2, 0.25) is 5.91 Å². The number of hydrogen-bond acceptors (Lipinski definition) is 3. The molecule has 1 aromatic heterocycles. The summed E-state index contributed by atoms with van der Waals surface area (Å²) in [6.45, 7) is 0.00443. The van der Waals surface area contributed by atoms with E-state index in [4.69, 9.17) is 11.6 Å². The van der Waals surface area contributed by atoms with Crippen molar-refractivity contribution in [1.29, 1.82) is 0 Å². The van der Waals surface area contributed by atoms with Gasteiger partial charge in [0.25, 0.3) is 0 Å². The highest BCUT2D eigenvalue weighted by molar-refractivity contribution is 6.30. The van der Waals surface area contributed by atoms with Crippen LogP contribution in [0.4, 0.5) is 13.2 Å². The summed E-state index contributed by atoms with van der Waals surface area (Å²) in [4.78, 5) is 23.6. The quantitative estimate of drug-likeness (QED) is 0.794. The molecule has 0 aliphatic rings. The predicted molar refractivity (Wildman–Crippen MR) is 86.6 cm³/mol. The van der Waals surface area contributed by atoms with Crippen molar-refractivity contribution < 1.29 is 27.9 Å². The van der Waals surface area contributed by atoms with Crippen molar-refractivity contribution in [2.75, 3.05) is 0 Å². The summed E-state index contributed by atoms with van der Waals surface area (Å²) in [7, 11) is 0. The van der Waals surface area contributed by atoms with Crippen molar-refractivity contribution in [3.05, 3.63) is 51.6 Å². The Morgan fingerprint density at radius 3 is 2.50 bits per heavy atom. The number of amides is 1. The SMILES string of the molecule is Cc1nn(C(F)F)c(C)c1CC(=O)NC(C(=O)O)c1ccc(Cl)c(F)c1. The van der Waals surface area contributed by atoms with Gasteiger partial charge in [-0.05, 0) is 31.5 Å². The number of carbonyl (C=O) groups excluding carboxylic acids is 1. The van der Waals surface area contributed by atoms with Gasteiger partial charge in [0, 0.05) is 11.3 Å². The molecule has 0 saturated heterocycles. The number of carboxylic acid groups (broad SMARTS) is 1. The summed E-state index contributed by atoms with van der Waals surface area (Å²) >= 11 is 5.56. The normalized spacial score (nSPS) is 12.3. The number of nitrogens with one attached hydrogen (secondary N) is 1. The number of hydrogen-bond donors (Lipinski definition) is 2. The lowest BCUT2D eigenvalue weighted by Crippen LogP contribution is -2.35. The molecule has 1 aromatic carbocycles. The zero-order chi connectivity index (χ0) is 19.6. The van der Waals surface area contributed by atoms with Crippen LogP contribution in [0.1, 0.15) is 35.1 Å². The summed E-state index contributed by atoms with van der Waals surface area (Å²) in [6, 6.07) is 1.85. The molecule has 0 bridgehead atoms. The van der Waals surface area contributed by atoms with Crippen LogP contribution in [0.5, 0.6) is 0 Å². The Kier molecular flexibility index (Phi) is 5.91. The molecule has 6 nitrogen and oxygen atoms in total.